The Labute approximate surface area is 191 Å². The standard InChI is InChI=1S/C26H23N5O2/c1-16-7-6-8-20(13-16)33-15-24(32)27-23-14-19(12-11-17(23)2)25-28-29-26-22-10-5-4-9-21(22)18(3)30-31(25)26/h4-14H,15H2,1-3H3,(H,27,32). The van der Waals surface area contributed by atoms with Crippen LogP contribution in [-0.4, -0.2) is 32.3 Å². The zero-order valence-electron chi connectivity index (χ0n) is 18.7. The molecule has 0 saturated heterocycles. The first-order chi connectivity index (χ1) is 16.0. The first kappa shape index (κ1) is 20.6. The number of nitrogens with one attached hydrogen (secondary N) is 1. The minimum Gasteiger partial charge on any atom is -0.484 e. The second kappa shape index (κ2) is 8.35. The van der Waals surface area contributed by atoms with Crippen LogP contribution in [0.5, 0.6) is 5.75 Å². The molecule has 7 nitrogen and oxygen atoms in total. The van der Waals surface area contributed by atoms with Crippen LogP contribution in [0.1, 0.15) is 16.8 Å². The van der Waals surface area contributed by atoms with Crippen molar-refractivity contribution in [2.45, 2.75) is 20.8 Å². The predicted octanol–water partition coefficient (Wildman–Crippen LogP) is 4.89. The van der Waals surface area contributed by atoms with Gasteiger partial charge in [-0.1, -0.05) is 48.5 Å². The summed E-state index contributed by atoms with van der Waals surface area (Å²) in [6.07, 6.45) is 0. The van der Waals surface area contributed by atoms with Gasteiger partial charge in [0, 0.05) is 22.0 Å². The summed E-state index contributed by atoms with van der Waals surface area (Å²) in [6.45, 7) is 5.82. The van der Waals surface area contributed by atoms with Crippen molar-refractivity contribution in [2.24, 2.45) is 0 Å². The first-order valence-corrected chi connectivity index (χ1v) is 10.7. The Morgan fingerprint density at radius 3 is 2.58 bits per heavy atom. The molecule has 0 aliphatic carbocycles. The summed E-state index contributed by atoms with van der Waals surface area (Å²) in [5, 5.41) is 18.5. The van der Waals surface area contributed by atoms with E-state index < -0.39 is 0 Å². The highest BCUT2D eigenvalue weighted by atomic mass is 16.5. The number of aryl methyl sites for hydroxylation is 3. The normalized spacial score (nSPS) is 11.1. The highest BCUT2D eigenvalue weighted by molar-refractivity contribution is 5.96. The van der Waals surface area contributed by atoms with E-state index in [-0.39, 0.29) is 12.5 Å². The molecule has 0 saturated carbocycles. The van der Waals surface area contributed by atoms with Gasteiger partial charge in [0.15, 0.2) is 18.1 Å². The quantitative estimate of drug-likeness (QED) is 0.423. The van der Waals surface area contributed by atoms with Crippen LogP contribution < -0.4 is 10.1 Å². The van der Waals surface area contributed by atoms with E-state index in [4.69, 9.17) is 9.84 Å². The molecule has 0 atom stereocenters. The number of carbonyl (C=O) groups excluding carboxylic acids is 1. The maximum atomic E-state index is 12.5. The zero-order chi connectivity index (χ0) is 22.9. The lowest BCUT2D eigenvalue weighted by Crippen LogP contribution is -2.20. The molecule has 5 rings (SSSR count). The van der Waals surface area contributed by atoms with E-state index in [0.29, 0.717) is 22.9 Å². The van der Waals surface area contributed by atoms with Gasteiger partial charge in [0.2, 0.25) is 0 Å². The summed E-state index contributed by atoms with van der Waals surface area (Å²) in [7, 11) is 0. The Morgan fingerprint density at radius 2 is 1.76 bits per heavy atom. The zero-order valence-corrected chi connectivity index (χ0v) is 18.7. The molecule has 33 heavy (non-hydrogen) atoms. The third-order valence-corrected chi connectivity index (χ3v) is 5.58. The highest BCUT2D eigenvalue weighted by Crippen LogP contribution is 2.27. The predicted molar refractivity (Wildman–Crippen MR) is 129 cm³/mol. The van der Waals surface area contributed by atoms with Crippen molar-refractivity contribution in [1.82, 2.24) is 19.8 Å². The maximum absolute atomic E-state index is 12.5. The first-order valence-electron chi connectivity index (χ1n) is 10.7. The molecule has 2 aromatic heterocycles. The Balaban J connectivity index is 1.43. The maximum Gasteiger partial charge on any atom is 0.262 e. The van der Waals surface area contributed by atoms with Gasteiger partial charge >= 0.3 is 0 Å². The van der Waals surface area contributed by atoms with E-state index >= 15 is 0 Å². The molecule has 0 radical (unpaired) electrons. The Kier molecular flexibility index (Phi) is 5.22. The van der Waals surface area contributed by atoms with Crippen molar-refractivity contribution >= 4 is 28.0 Å². The molecule has 1 N–H and O–H groups in total. The van der Waals surface area contributed by atoms with Crippen LogP contribution in [-0.2, 0) is 4.79 Å². The fourth-order valence-corrected chi connectivity index (χ4v) is 3.86. The van der Waals surface area contributed by atoms with Crippen molar-refractivity contribution in [3.05, 3.63) is 83.6 Å². The van der Waals surface area contributed by atoms with Crippen LogP contribution in [0.25, 0.3) is 27.8 Å². The molecule has 164 valence electrons. The van der Waals surface area contributed by atoms with Gasteiger partial charge in [-0.25, -0.2) is 0 Å². The van der Waals surface area contributed by atoms with Gasteiger partial charge in [0.25, 0.3) is 5.91 Å². The third-order valence-electron chi connectivity index (χ3n) is 5.58. The van der Waals surface area contributed by atoms with Gasteiger partial charge in [0.05, 0.1) is 5.69 Å². The number of nitrogens with zero attached hydrogens (tertiary/aromatic N) is 4. The summed E-state index contributed by atoms with van der Waals surface area (Å²) in [4.78, 5) is 12.5. The molecule has 7 heteroatoms. The second-order valence-electron chi connectivity index (χ2n) is 8.07. The van der Waals surface area contributed by atoms with Crippen molar-refractivity contribution in [3.8, 4) is 17.1 Å². The number of hydrogen-bond donors (Lipinski definition) is 1. The largest absolute Gasteiger partial charge is 0.484 e. The topological polar surface area (TPSA) is 81.4 Å². The van der Waals surface area contributed by atoms with Crippen molar-refractivity contribution < 1.29 is 9.53 Å². The molecular formula is C26H23N5O2. The Hall–Kier alpha value is -4.26. The van der Waals surface area contributed by atoms with Crippen LogP contribution in [0.4, 0.5) is 5.69 Å². The van der Waals surface area contributed by atoms with E-state index in [1.165, 1.54) is 0 Å². The number of amides is 1. The number of fused-ring (bicyclic) bond motifs is 3. The van der Waals surface area contributed by atoms with Gasteiger partial charge in [-0.15, -0.1) is 10.2 Å². The summed E-state index contributed by atoms with van der Waals surface area (Å²) in [5.74, 6) is 1.05. The van der Waals surface area contributed by atoms with E-state index in [1.807, 2.05) is 87.5 Å². The van der Waals surface area contributed by atoms with E-state index in [9.17, 15) is 4.79 Å². The lowest BCUT2D eigenvalue weighted by molar-refractivity contribution is -0.118. The third kappa shape index (κ3) is 4.01. The van der Waals surface area contributed by atoms with Crippen LogP contribution in [0.2, 0.25) is 0 Å². The van der Waals surface area contributed by atoms with Gasteiger partial charge in [-0.05, 0) is 50.1 Å². The number of carbonyl (C=O) groups is 1. The molecule has 0 fully saturated rings. The molecule has 5 aromatic rings. The summed E-state index contributed by atoms with van der Waals surface area (Å²) in [6, 6.07) is 21.4. The lowest BCUT2D eigenvalue weighted by atomic mass is 10.1. The van der Waals surface area contributed by atoms with Crippen LogP contribution in [0.3, 0.4) is 0 Å². The van der Waals surface area contributed by atoms with Crippen molar-refractivity contribution in [3.63, 3.8) is 0 Å². The minimum absolute atomic E-state index is 0.0757. The summed E-state index contributed by atoms with van der Waals surface area (Å²) < 4.78 is 7.39. The van der Waals surface area contributed by atoms with Gasteiger partial charge in [-0.2, -0.15) is 9.61 Å². The lowest BCUT2D eigenvalue weighted by Gasteiger charge is -2.11. The van der Waals surface area contributed by atoms with Crippen LogP contribution in [0.15, 0.2) is 66.7 Å². The molecule has 3 aromatic carbocycles. The molecule has 0 aliphatic heterocycles. The van der Waals surface area contributed by atoms with Gasteiger partial charge in [-0.3, -0.25) is 4.79 Å². The van der Waals surface area contributed by atoms with Gasteiger partial charge in [0.1, 0.15) is 5.75 Å². The van der Waals surface area contributed by atoms with Crippen LogP contribution >= 0.6 is 0 Å². The fourth-order valence-electron chi connectivity index (χ4n) is 3.86. The smallest absolute Gasteiger partial charge is 0.262 e. The minimum atomic E-state index is -0.233. The van der Waals surface area contributed by atoms with E-state index in [1.54, 1.807) is 4.52 Å². The second-order valence-corrected chi connectivity index (χ2v) is 8.07. The molecule has 0 spiro atoms. The fraction of sp³-hybridized carbons (Fsp3) is 0.154. The van der Waals surface area contributed by atoms with Gasteiger partial charge < -0.3 is 10.1 Å². The Morgan fingerprint density at radius 1 is 0.939 bits per heavy atom. The van der Waals surface area contributed by atoms with Crippen LogP contribution in [0, 0.1) is 20.8 Å². The average molecular weight is 438 g/mol. The molecule has 0 aliphatic rings. The molecule has 2 heterocycles. The molecule has 0 unspecified atom stereocenters. The number of ether oxygens (including phenoxy) is 1. The van der Waals surface area contributed by atoms with E-state index in [2.05, 4.69) is 15.5 Å². The number of anilines is 1. The van der Waals surface area contributed by atoms with Crippen molar-refractivity contribution in [2.75, 3.05) is 11.9 Å². The SMILES string of the molecule is Cc1cccc(OCC(=O)Nc2cc(-c3nnc4c5ccccc5c(C)nn34)ccc2C)c1. The number of rotatable bonds is 5. The molecule has 1 amide bonds. The Bertz CT molecular complexity index is 1510. The molecular weight excluding hydrogens is 414 g/mol. The van der Waals surface area contributed by atoms with Crippen molar-refractivity contribution in [1.29, 1.82) is 0 Å². The highest BCUT2D eigenvalue weighted by Gasteiger charge is 2.15. The number of benzene rings is 3. The number of hydrogen-bond acceptors (Lipinski definition) is 5. The monoisotopic (exact) mass is 437 g/mol. The summed E-state index contributed by atoms with van der Waals surface area (Å²) in [5.41, 5.74) is 5.11. The van der Waals surface area contributed by atoms with E-state index in [0.717, 1.165) is 33.2 Å². The average Bonchev–Trinajstić information content (AvgIpc) is 3.23. The number of aromatic nitrogens is 4. The molecule has 0 bridgehead atoms. The summed E-state index contributed by atoms with van der Waals surface area (Å²) >= 11 is 0.